The van der Waals surface area contributed by atoms with Gasteiger partial charge in [-0.2, -0.15) is 0 Å². The first kappa shape index (κ1) is 13.0. The van der Waals surface area contributed by atoms with Crippen molar-refractivity contribution in [2.45, 2.75) is 41.0 Å². The predicted molar refractivity (Wildman–Crippen MR) is 72.7 cm³/mol. The van der Waals surface area contributed by atoms with Gasteiger partial charge in [-0.15, -0.1) is 0 Å². The van der Waals surface area contributed by atoms with E-state index in [1.165, 1.54) is 33.4 Å². The molecule has 1 aromatic rings. The summed E-state index contributed by atoms with van der Waals surface area (Å²) in [4.78, 5) is 0. The van der Waals surface area contributed by atoms with E-state index in [0.29, 0.717) is 0 Å². The summed E-state index contributed by atoms with van der Waals surface area (Å²) in [5.41, 5.74) is 13.9. The van der Waals surface area contributed by atoms with Crippen LogP contribution in [-0.2, 0) is 0 Å². The lowest BCUT2D eigenvalue weighted by molar-refractivity contribution is 1.01. The second-order valence-electron chi connectivity index (χ2n) is 4.60. The SMILES string of the molecule is C/C(=C\CCN)c1c(C)c(C)cc(C)c1C. The molecule has 0 aliphatic heterocycles. The third-order valence-electron chi connectivity index (χ3n) is 3.38. The Labute approximate surface area is 99.4 Å². The van der Waals surface area contributed by atoms with Gasteiger partial charge in [0.2, 0.25) is 0 Å². The van der Waals surface area contributed by atoms with Gasteiger partial charge in [-0.3, -0.25) is 0 Å². The summed E-state index contributed by atoms with van der Waals surface area (Å²) in [7, 11) is 0. The number of hydrogen-bond donors (Lipinski definition) is 1. The molecule has 1 rings (SSSR count). The number of aryl methyl sites for hydroxylation is 2. The van der Waals surface area contributed by atoms with Crippen molar-refractivity contribution in [1.82, 2.24) is 0 Å². The summed E-state index contributed by atoms with van der Waals surface area (Å²) in [5, 5.41) is 0. The van der Waals surface area contributed by atoms with Gasteiger partial charge < -0.3 is 5.73 Å². The summed E-state index contributed by atoms with van der Waals surface area (Å²) < 4.78 is 0. The lowest BCUT2D eigenvalue weighted by atomic mass is 9.90. The Balaban J connectivity index is 3.32. The third-order valence-corrected chi connectivity index (χ3v) is 3.38. The van der Waals surface area contributed by atoms with Gasteiger partial charge in [0.05, 0.1) is 0 Å². The van der Waals surface area contributed by atoms with Gasteiger partial charge in [0.15, 0.2) is 0 Å². The van der Waals surface area contributed by atoms with E-state index >= 15 is 0 Å². The van der Waals surface area contributed by atoms with E-state index in [1.54, 1.807) is 0 Å². The quantitative estimate of drug-likeness (QED) is 0.821. The molecule has 0 saturated carbocycles. The first-order valence-corrected chi connectivity index (χ1v) is 5.93. The monoisotopic (exact) mass is 217 g/mol. The van der Waals surface area contributed by atoms with Crippen LogP contribution in [-0.4, -0.2) is 6.54 Å². The number of hydrogen-bond acceptors (Lipinski definition) is 1. The van der Waals surface area contributed by atoms with Crippen LogP contribution < -0.4 is 5.73 Å². The topological polar surface area (TPSA) is 26.0 Å². The van der Waals surface area contributed by atoms with Crippen molar-refractivity contribution in [3.05, 3.63) is 40.0 Å². The fourth-order valence-corrected chi connectivity index (χ4v) is 2.21. The summed E-state index contributed by atoms with van der Waals surface area (Å²) in [5.74, 6) is 0. The zero-order valence-electron chi connectivity index (χ0n) is 11.1. The van der Waals surface area contributed by atoms with Crippen LogP contribution in [0.25, 0.3) is 5.57 Å². The van der Waals surface area contributed by atoms with Gasteiger partial charge in [0.25, 0.3) is 0 Å². The smallest absolute Gasteiger partial charge is 0.00424 e. The fraction of sp³-hybridized carbons (Fsp3) is 0.467. The molecule has 0 saturated heterocycles. The van der Waals surface area contributed by atoms with Gasteiger partial charge >= 0.3 is 0 Å². The minimum Gasteiger partial charge on any atom is -0.330 e. The van der Waals surface area contributed by atoms with Crippen LogP contribution in [0.5, 0.6) is 0 Å². The maximum Gasteiger partial charge on any atom is -0.00424 e. The molecule has 16 heavy (non-hydrogen) atoms. The summed E-state index contributed by atoms with van der Waals surface area (Å²) >= 11 is 0. The first-order chi connectivity index (χ1) is 7.49. The Morgan fingerprint density at radius 3 is 2.06 bits per heavy atom. The molecule has 0 unspecified atom stereocenters. The van der Waals surface area contributed by atoms with Crippen molar-refractivity contribution in [1.29, 1.82) is 0 Å². The van der Waals surface area contributed by atoms with Crippen molar-refractivity contribution in [3.63, 3.8) is 0 Å². The maximum atomic E-state index is 5.55. The fourth-order valence-electron chi connectivity index (χ4n) is 2.21. The number of benzene rings is 1. The van der Waals surface area contributed by atoms with E-state index < -0.39 is 0 Å². The van der Waals surface area contributed by atoms with Crippen molar-refractivity contribution in [2.24, 2.45) is 5.73 Å². The highest BCUT2D eigenvalue weighted by molar-refractivity contribution is 5.71. The van der Waals surface area contributed by atoms with Crippen LogP contribution in [0.4, 0.5) is 0 Å². The van der Waals surface area contributed by atoms with E-state index in [0.717, 1.165) is 13.0 Å². The lowest BCUT2D eigenvalue weighted by Gasteiger charge is -2.16. The molecule has 0 amide bonds. The normalized spacial score (nSPS) is 12.0. The highest BCUT2D eigenvalue weighted by Gasteiger charge is 2.09. The Bertz CT molecular complexity index is 388. The summed E-state index contributed by atoms with van der Waals surface area (Å²) in [6.07, 6.45) is 3.20. The molecular weight excluding hydrogens is 194 g/mol. The van der Waals surface area contributed by atoms with Gasteiger partial charge in [-0.05, 0) is 81.0 Å². The molecule has 0 aromatic heterocycles. The molecule has 1 nitrogen and oxygen atoms in total. The van der Waals surface area contributed by atoms with Gasteiger partial charge in [-0.1, -0.05) is 12.1 Å². The van der Waals surface area contributed by atoms with E-state index in [1.807, 2.05) is 0 Å². The maximum absolute atomic E-state index is 5.55. The van der Waals surface area contributed by atoms with Crippen LogP contribution in [0.2, 0.25) is 0 Å². The third kappa shape index (κ3) is 2.53. The standard InChI is InChI=1S/C15H23N/c1-10(7-6-8-16)15-13(4)11(2)9-12(3)14(15)5/h7,9H,6,8,16H2,1-5H3/b10-7+. The Kier molecular flexibility index (Phi) is 4.31. The van der Waals surface area contributed by atoms with Crippen LogP contribution in [0, 0.1) is 27.7 Å². The minimum atomic E-state index is 0.722. The molecule has 0 aliphatic carbocycles. The van der Waals surface area contributed by atoms with Gasteiger partial charge in [0.1, 0.15) is 0 Å². The molecule has 1 heteroatoms. The molecule has 0 heterocycles. The minimum absolute atomic E-state index is 0.722. The Hall–Kier alpha value is -1.08. The van der Waals surface area contributed by atoms with E-state index in [-0.39, 0.29) is 0 Å². The zero-order chi connectivity index (χ0) is 12.3. The van der Waals surface area contributed by atoms with Crippen molar-refractivity contribution in [3.8, 4) is 0 Å². The van der Waals surface area contributed by atoms with E-state index in [4.69, 9.17) is 5.73 Å². The van der Waals surface area contributed by atoms with E-state index in [9.17, 15) is 0 Å². The average Bonchev–Trinajstić information content (AvgIpc) is 2.24. The van der Waals surface area contributed by atoms with Crippen molar-refractivity contribution >= 4 is 5.57 Å². The average molecular weight is 217 g/mol. The molecule has 2 N–H and O–H groups in total. The summed E-state index contributed by atoms with van der Waals surface area (Å²) in [6.45, 7) is 11.7. The van der Waals surface area contributed by atoms with Crippen LogP contribution >= 0.6 is 0 Å². The molecule has 0 spiro atoms. The Morgan fingerprint density at radius 1 is 1.12 bits per heavy atom. The highest BCUT2D eigenvalue weighted by atomic mass is 14.5. The number of nitrogens with two attached hydrogens (primary N) is 1. The van der Waals surface area contributed by atoms with Crippen LogP contribution in [0.3, 0.4) is 0 Å². The largest absolute Gasteiger partial charge is 0.330 e. The van der Waals surface area contributed by atoms with Crippen LogP contribution in [0.15, 0.2) is 12.1 Å². The lowest BCUT2D eigenvalue weighted by Crippen LogP contribution is -1.99. The van der Waals surface area contributed by atoms with Crippen molar-refractivity contribution in [2.75, 3.05) is 6.54 Å². The molecule has 0 bridgehead atoms. The van der Waals surface area contributed by atoms with Gasteiger partial charge in [0, 0.05) is 0 Å². The van der Waals surface area contributed by atoms with Crippen molar-refractivity contribution < 1.29 is 0 Å². The summed E-state index contributed by atoms with van der Waals surface area (Å²) in [6, 6.07) is 2.27. The molecule has 0 fully saturated rings. The van der Waals surface area contributed by atoms with Gasteiger partial charge in [-0.25, -0.2) is 0 Å². The zero-order valence-corrected chi connectivity index (χ0v) is 11.1. The Morgan fingerprint density at radius 2 is 1.62 bits per heavy atom. The molecule has 0 aliphatic rings. The number of rotatable bonds is 3. The molecule has 88 valence electrons. The predicted octanol–water partition coefficient (Wildman–Crippen LogP) is 3.67. The molecule has 0 atom stereocenters. The molecule has 0 radical (unpaired) electrons. The highest BCUT2D eigenvalue weighted by Crippen LogP contribution is 2.27. The second kappa shape index (κ2) is 5.31. The molecular formula is C15H23N. The van der Waals surface area contributed by atoms with E-state index in [2.05, 4.69) is 46.8 Å². The second-order valence-corrected chi connectivity index (χ2v) is 4.60. The van der Waals surface area contributed by atoms with Crippen LogP contribution in [0.1, 0.15) is 41.2 Å². The number of allylic oxidation sites excluding steroid dienone is 1. The molecule has 1 aromatic carbocycles. The first-order valence-electron chi connectivity index (χ1n) is 5.93.